The summed E-state index contributed by atoms with van der Waals surface area (Å²) >= 11 is 5.97. The summed E-state index contributed by atoms with van der Waals surface area (Å²) in [4.78, 5) is 24.3. The number of ketones is 1. The normalized spacial score (nSPS) is 17.8. The number of aliphatic carboxylic acids is 1. The van der Waals surface area contributed by atoms with Gasteiger partial charge in [0.15, 0.2) is 11.6 Å². The lowest BCUT2D eigenvalue weighted by molar-refractivity contribution is -0.160. The smallest absolute Gasteiger partial charge is 0.390 e. The number of nitrogens with zero attached hydrogens (tertiary/aromatic N) is 2. The Balaban J connectivity index is 1.57. The van der Waals surface area contributed by atoms with E-state index in [1.54, 1.807) is 42.5 Å². The first-order valence-electron chi connectivity index (χ1n) is 10.4. The van der Waals surface area contributed by atoms with Crippen molar-refractivity contribution < 1.29 is 27.9 Å². The van der Waals surface area contributed by atoms with Crippen LogP contribution in [0.1, 0.15) is 35.2 Å². The molecule has 1 aliphatic rings. The van der Waals surface area contributed by atoms with Crippen molar-refractivity contribution >= 4 is 34.9 Å². The van der Waals surface area contributed by atoms with E-state index in [9.17, 15) is 22.8 Å². The predicted molar refractivity (Wildman–Crippen MR) is 120 cm³/mol. The summed E-state index contributed by atoms with van der Waals surface area (Å²) in [6.07, 6.45) is -7.01. The molecule has 0 radical (unpaired) electrons. The Morgan fingerprint density at radius 1 is 1.12 bits per heavy atom. The number of aromatic nitrogens is 2. The van der Waals surface area contributed by atoms with Gasteiger partial charge in [-0.15, -0.1) is 10.2 Å². The van der Waals surface area contributed by atoms with Gasteiger partial charge in [0.1, 0.15) is 0 Å². The molecule has 0 saturated heterocycles. The lowest BCUT2D eigenvalue weighted by Crippen LogP contribution is -2.41. The molecule has 4 rings (SSSR count). The zero-order valence-corrected chi connectivity index (χ0v) is 18.5. The first-order valence-corrected chi connectivity index (χ1v) is 10.8. The molecule has 2 aromatic carbocycles. The topological polar surface area (TPSA) is 92.2 Å². The van der Waals surface area contributed by atoms with Crippen molar-refractivity contribution in [3.63, 3.8) is 0 Å². The Kier molecular flexibility index (Phi) is 6.31. The summed E-state index contributed by atoms with van der Waals surface area (Å²) in [6.45, 7) is 0. The Bertz CT molecular complexity index is 1250. The average Bonchev–Trinajstić information content (AvgIpc) is 2.75. The zero-order chi connectivity index (χ0) is 24.5. The summed E-state index contributed by atoms with van der Waals surface area (Å²) < 4.78 is 39.6. The van der Waals surface area contributed by atoms with E-state index in [1.165, 1.54) is 6.07 Å². The molecule has 1 heterocycles. The third-order valence-corrected chi connectivity index (χ3v) is 6.03. The molecule has 34 heavy (non-hydrogen) atoms. The van der Waals surface area contributed by atoms with Gasteiger partial charge in [-0.1, -0.05) is 29.8 Å². The molecule has 0 fully saturated rings. The van der Waals surface area contributed by atoms with Gasteiger partial charge in [0.25, 0.3) is 0 Å². The first kappa shape index (κ1) is 23.7. The van der Waals surface area contributed by atoms with Gasteiger partial charge in [0, 0.05) is 21.8 Å². The van der Waals surface area contributed by atoms with Crippen molar-refractivity contribution in [1.82, 2.24) is 10.2 Å². The van der Waals surface area contributed by atoms with Crippen molar-refractivity contribution in [2.24, 2.45) is 5.41 Å². The van der Waals surface area contributed by atoms with E-state index in [2.05, 4.69) is 15.5 Å². The number of hydrogen-bond donors (Lipinski definition) is 2. The van der Waals surface area contributed by atoms with E-state index in [1.807, 2.05) is 6.07 Å². The van der Waals surface area contributed by atoms with Gasteiger partial charge in [-0.3, -0.25) is 9.59 Å². The second-order valence-electron chi connectivity index (χ2n) is 8.28. The first-order chi connectivity index (χ1) is 16.0. The fourth-order valence-electron chi connectivity index (χ4n) is 4.29. The van der Waals surface area contributed by atoms with Gasteiger partial charge in [-0.2, -0.15) is 13.2 Å². The Morgan fingerprint density at radius 2 is 1.91 bits per heavy atom. The van der Waals surface area contributed by atoms with Crippen LogP contribution in [0.5, 0.6) is 0 Å². The second-order valence-corrected chi connectivity index (χ2v) is 8.72. The number of hydrogen-bond acceptors (Lipinski definition) is 5. The maximum Gasteiger partial charge on any atom is 0.390 e. The van der Waals surface area contributed by atoms with Gasteiger partial charge < -0.3 is 10.4 Å². The minimum Gasteiger partial charge on any atom is -0.481 e. The predicted octanol–water partition coefficient (Wildman–Crippen LogP) is 6.08. The SMILES string of the molecule is O=C(O)C[C@]1(CC(F)(F)F)CCc2cc(-c3ccc(Nc4cccc(Cl)c4)nn3)ccc2C1=O. The molecular weight excluding hydrogens is 471 g/mol. The number of carbonyl (C=O) groups excluding carboxylic acids is 1. The number of Topliss-reactive ketones (excluding diaryl/α,β-unsaturated/α-hetero) is 1. The van der Waals surface area contributed by atoms with Crippen LogP contribution in [0.2, 0.25) is 5.02 Å². The number of carboxylic acid groups (broad SMARTS) is 1. The molecule has 2 N–H and O–H groups in total. The van der Waals surface area contributed by atoms with Crippen LogP contribution in [0.25, 0.3) is 11.3 Å². The van der Waals surface area contributed by atoms with Crippen LogP contribution >= 0.6 is 11.6 Å². The molecule has 0 unspecified atom stereocenters. The number of rotatable bonds is 6. The largest absolute Gasteiger partial charge is 0.481 e. The van der Waals surface area contributed by atoms with Crippen LogP contribution in [0, 0.1) is 5.41 Å². The van der Waals surface area contributed by atoms with Crippen LogP contribution in [-0.4, -0.2) is 33.2 Å². The molecular formula is C24H19ClF3N3O3. The Morgan fingerprint density at radius 3 is 2.56 bits per heavy atom. The molecule has 0 aliphatic heterocycles. The minimum absolute atomic E-state index is 0.118. The van der Waals surface area contributed by atoms with Gasteiger partial charge in [0.2, 0.25) is 0 Å². The number of anilines is 2. The average molecular weight is 490 g/mol. The van der Waals surface area contributed by atoms with Crippen molar-refractivity contribution in [3.05, 3.63) is 70.7 Å². The van der Waals surface area contributed by atoms with Crippen molar-refractivity contribution in [2.75, 3.05) is 5.32 Å². The van der Waals surface area contributed by atoms with E-state index in [4.69, 9.17) is 16.7 Å². The highest BCUT2D eigenvalue weighted by molar-refractivity contribution is 6.30. The van der Waals surface area contributed by atoms with Crippen LogP contribution in [0.15, 0.2) is 54.6 Å². The number of fused-ring (bicyclic) bond motifs is 1. The highest BCUT2D eigenvalue weighted by Gasteiger charge is 2.50. The third-order valence-electron chi connectivity index (χ3n) is 5.79. The standard InChI is InChI=1S/C24H19ClF3N3O3/c25-16-2-1-3-17(11-16)29-20-7-6-19(30-31-20)15-4-5-18-14(10-15)8-9-23(22(18)34,12-21(32)33)13-24(26,27)28/h1-7,10-11H,8-9,12-13H2,(H,29,31)(H,32,33)/t23-/m0/s1. The highest BCUT2D eigenvalue weighted by Crippen LogP contribution is 2.46. The summed E-state index contributed by atoms with van der Waals surface area (Å²) in [5.74, 6) is -1.73. The summed E-state index contributed by atoms with van der Waals surface area (Å²) in [6, 6.07) is 15.3. The van der Waals surface area contributed by atoms with Crippen LogP contribution in [0.3, 0.4) is 0 Å². The van der Waals surface area contributed by atoms with Gasteiger partial charge in [-0.25, -0.2) is 0 Å². The van der Waals surface area contributed by atoms with Crippen LogP contribution < -0.4 is 5.32 Å². The van der Waals surface area contributed by atoms with E-state index < -0.39 is 36.2 Å². The van der Waals surface area contributed by atoms with Gasteiger partial charge in [0.05, 0.1) is 24.0 Å². The van der Waals surface area contributed by atoms with E-state index in [0.29, 0.717) is 27.7 Å². The third kappa shape index (κ3) is 5.20. The zero-order valence-electron chi connectivity index (χ0n) is 17.7. The van der Waals surface area contributed by atoms with Crippen LogP contribution in [0.4, 0.5) is 24.7 Å². The monoisotopic (exact) mass is 489 g/mol. The van der Waals surface area contributed by atoms with Crippen LogP contribution in [-0.2, 0) is 11.2 Å². The summed E-state index contributed by atoms with van der Waals surface area (Å²) in [5, 5.41) is 21.2. The maximum atomic E-state index is 13.2. The maximum absolute atomic E-state index is 13.2. The van der Waals surface area contributed by atoms with E-state index in [0.717, 1.165) is 5.69 Å². The molecule has 3 aromatic rings. The van der Waals surface area contributed by atoms with E-state index >= 15 is 0 Å². The molecule has 176 valence electrons. The van der Waals surface area contributed by atoms with Crippen molar-refractivity contribution in [3.8, 4) is 11.3 Å². The summed E-state index contributed by atoms with van der Waals surface area (Å²) in [7, 11) is 0. The summed E-state index contributed by atoms with van der Waals surface area (Å²) in [5.41, 5.74) is 0.595. The van der Waals surface area contributed by atoms with Gasteiger partial charge in [-0.05, 0) is 54.8 Å². The molecule has 1 atom stereocenters. The number of alkyl halides is 3. The van der Waals surface area contributed by atoms with E-state index in [-0.39, 0.29) is 18.4 Å². The molecule has 0 saturated carbocycles. The fourth-order valence-corrected chi connectivity index (χ4v) is 4.48. The van der Waals surface area contributed by atoms with Crippen molar-refractivity contribution in [1.29, 1.82) is 0 Å². The molecule has 0 spiro atoms. The highest BCUT2D eigenvalue weighted by atomic mass is 35.5. The molecule has 1 aliphatic carbocycles. The number of halogens is 4. The number of carboxylic acids is 1. The Hall–Kier alpha value is -3.46. The molecule has 10 heteroatoms. The number of nitrogens with one attached hydrogen (secondary N) is 1. The number of benzene rings is 2. The molecule has 0 bridgehead atoms. The molecule has 0 amide bonds. The quantitative estimate of drug-likeness (QED) is 0.436. The number of aryl methyl sites for hydroxylation is 1. The number of carbonyl (C=O) groups is 2. The lowest BCUT2D eigenvalue weighted by Gasteiger charge is -2.36. The molecule has 1 aromatic heterocycles. The fraction of sp³-hybridized carbons (Fsp3) is 0.250. The Labute approximate surface area is 197 Å². The van der Waals surface area contributed by atoms with Crippen molar-refractivity contribution in [2.45, 2.75) is 31.9 Å². The minimum atomic E-state index is -4.65. The molecule has 6 nitrogen and oxygen atoms in total. The van der Waals surface area contributed by atoms with Gasteiger partial charge >= 0.3 is 12.1 Å². The second kappa shape index (κ2) is 9.06. The lowest BCUT2D eigenvalue weighted by atomic mass is 9.66.